The fourth-order valence-corrected chi connectivity index (χ4v) is 2.61. The highest BCUT2D eigenvalue weighted by Crippen LogP contribution is 2.26. The molecule has 1 amide bonds. The van der Waals surface area contributed by atoms with Crippen molar-refractivity contribution in [1.82, 2.24) is 0 Å². The van der Waals surface area contributed by atoms with E-state index in [1.54, 1.807) is 36.6 Å². The molecule has 2 aromatic rings. The first-order chi connectivity index (χ1) is 11.2. The van der Waals surface area contributed by atoms with Gasteiger partial charge in [0, 0.05) is 0 Å². The Bertz CT molecular complexity index is 683. The highest BCUT2D eigenvalue weighted by atomic mass is 32.1. The minimum atomic E-state index is -0.463. The normalized spacial score (nSPS) is 10.0. The summed E-state index contributed by atoms with van der Waals surface area (Å²) in [6, 6.07) is 8.66. The van der Waals surface area contributed by atoms with E-state index in [1.165, 1.54) is 18.4 Å². The Morgan fingerprint density at radius 2 is 1.91 bits per heavy atom. The van der Waals surface area contributed by atoms with E-state index in [0.717, 1.165) is 0 Å². The predicted octanol–water partition coefficient (Wildman–Crippen LogP) is 2.95. The van der Waals surface area contributed by atoms with Crippen LogP contribution in [-0.4, -0.2) is 32.2 Å². The van der Waals surface area contributed by atoms with Gasteiger partial charge in [-0.25, -0.2) is 4.79 Å². The molecule has 6 nitrogen and oxygen atoms in total. The van der Waals surface area contributed by atoms with Crippen LogP contribution < -0.4 is 14.8 Å². The average molecular weight is 335 g/mol. The fourth-order valence-electron chi connectivity index (χ4n) is 1.82. The summed E-state index contributed by atoms with van der Waals surface area (Å²) in [5.41, 5.74) is 0.336. The van der Waals surface area contributed by atoms with Crippen LogP contribution in [0.25, 0.3) is 0 Å². The largest absolute Gasteiger partial charge is 0.493 e. The second kappa shape index (κ2) is 8.19. The maximum absolute atomic E-state index is 12.0. The molecule has 1 heterocycles. The zero-order valence-corrected chi connectivity index (χ0v) is 13.6. The molecule has 1 N–H and O–H groups in total. The smallest absolute Gasteiger partial charge is 0.341 e. The molecule has 1 aromatic carbocycles. The molecule has 0 saturated carbocycles. The third kappa shape index (κ3) is 4.46. The predicted molar refractivity (Wildman–Crippen MR) is 87.4 cm³/mol. The van der Waals surface area contributed by atoms with Crippen molar-refractivity contribution >= 4 is 28.2 Å². The molecule has 0 unspecified atom stereocenters. The number of thiophene rings is 1. The Hall–Kier alpha value is -2.54. The van der Waals surface area contributed by atoms with Gasteiger partial charge in [-0.2, -0.15) is 0 Å². The number of rotatable bonds is 7. The first-order valence-corrected chi connectivity index (χ1v) is 7.84. The number of anilines is 1. The van der Waals surface area contributed by atoms with Gasteiger partial charge < -0.3 is 19.5 Å². The van der Waals surface area contributed by atoms with Crippen LogP contribution in [0.4, 0.5) is 5.00 Å². The van der Waals surface area contributed by atoms with Crippen LogP contribution in [0.1, 0.15) is 17.3 Å². The quantitative estimate of drug-likeness (QED) is 0.788. The number of carbonyl (C=O) groups excluding carboxylic acids is 2. The maximum atomic E-state index is 12.0. The summed E-state index contributed by atoms with van der Waals surface area (Å²) in [4.78, 5) is 23.8. The summed E-state index contributed by atoms with van der Waals surface area (Å²) in [5, 5.41) is 4.80. The molecule has 7 heteroatoms. The van der Waals surface area contributed by atoms with E-state index < -0.39 is 5.97 Å². The summed E-state index contributed by atoms with van der Waals surface area (Å²) in [5.74, 6) is 0.184. The Labute approximate surface area is 138 Å². The van der Waals surface area contributed by atoms with Crippen molar-refractivity contribution in [2.75, 3.05) is 25.6 Å². The van der Waals surface area contributed by atoms with Gasteiger partial charge in [-0.15, -0.1) is 11.3 Å². The lowest BCUT2D eigenvalue weighted by Crippen LogP contribution is -2.21. The Kier molecular flexibility index (Phi) is 5.99. The van der Waals surface area contributed by atoms with Crippen molar-refractivity contribution in [2.24, 2.45) is 0 Å². The second-order valence-corrected chi connectivity index (χ2v) is 5.29. The molecule has 0 saturated heterocycles. The molecule has 23 heavy (non-hydrogen) atoms. The lowest BCUT2D eigenvalue weighted by molar-refractivity contribution is -0.118. The number of esters is 1. The third-order valence-corrected chi connectivity index (χ3v) is 3.67. The number of methoxy groups -OCH3 is 1. The Balaban J connectivity index is 1.95. The van der Waals surface area contributed by atoms with Gasteiger partial charge in [0.15, 0.2) is 18.1 Å². The highest BCUT2D eigenvalue weighted by Gasteiger charge is 2.16. The molecule has 1 aromatic heterocycles. The minimum Gasteiger partial charge on any atom is -0.493 e. The van der Waals surface area contributed by atoms with Crippen molar-refractivity contribution in [3.05, 3.63) is 41.3 Å². The van der Waals surface area contributed by atoms with Crippen LogP contribution in [0.2, 0.25) is 0 Å². The first-order valence-electron chi connectivity index (χ1n) is 6.96. The summed E-state index contributed by atoms with van der Waals surface area (Å²) < 4.78 is 15.5. The number of hydrogen-bond acceptors (Lipinski definition) is 6. The van der Waals surface area contributed by atoms with E-state index >= 15 is 0 Å². The zero-order valence-electron chi connectivity index (χ0n) is 12.8. The number of nitrogens with one attached hydrogen (secondary N) is 1. The van der Waals surface area contributed by atoms with Gasteiger partial charge in [-0.1, -0.05) is 12.1 Å². The van der Waals surface area contributed by atoms with Crippen molar-refractivity contribution in [3.8, 4) is 11.5 Å². The summed E-state index contributed by atoms with van der Waals surface area (Å²) in [6.07, 6.45) is 0. The van der Waals surface area contributed by atoms with Crippen molar-refractivity contribution in [2.45, 2.75) is 6.92 Å². The number of para-hydroxylation sites is 2. The van der Waals surface area contributed by atoms with Crippen molar-refractivity contribution in [3.63, 3.8) is 0 Å². The zero-order chi connectivity index (χ0) is 16.7. The lowest BCUT2D eigenvalue weighted by Gasteiger charge is -2.10. The third-order valence-electron chi connectivity index (χ3n) is 2.84. The fraction of sp³-hybridized carbons (Fsp3) is 0.250. The van der Waals surface area contributed by atoms with E-state index in [4.69, 9.17) is 14.2 Å². The van der Waals surface area contributed by atoms with Crippen molar-refractivity contribution in [1.29, 1.82) is 0 Å². The van der Waals surface area contributed by atoms with Crippen LogP contribution in [0.15, 0.2) is 35.7 Å². The van der Waals surface area contributed by atoms with Gasteiger partial charge in [0.2, 0.25) is 0 Å². The van der Waals surface area contributed by atoms with Gasteiger partial charge in [0.1, 0.15) is 5.00 Å². The van der Waals surface area contributed by atoms with Crippen LogP contribution >= 0.6 is 11.3 Å². The molecule has 0 atom stereocenters. The molecule has 0 aliphatic rings. The number of ether oxygens (including phenoxy) is 3. The van der Waals surface area contributed by atoms with Crippen molar-refractivity contribution < 1.29 is 23.8 Å². The molecule has 0 radical (unpaired) electrons. The molecule has 0 aliphatic heterocycles. The van der Waals surface area contributed by atoms with E-state index in [2.05, 4.69) is 5.32 Å². The van der Waals surface area contributed by atoms with E-state index in [1.807, 2.05) is 6.07 Å². The molecular weight excluding hydrogens is 318 g/mol. The monoisotopic (exact) mass is 335 g/mol. The molecular formula is C16H17NO5S. The molecule has 122 valence electrons. The highest BCUT2D eigenvalue weighted by molar-refractivity contribution is 7.14. The molecule has 0 bridgehead atoms. The summed E-state index contributed by atoms with van der Waals surface area (Å²) >= 11 is 1.25. The molecule has 2 rings (SSSR count). The van der Waals surface area contributed by atoms with E-state index in [9.17, 15) is 9.59 Å². The van der Waals surface area contributed by atoms with E-state index in [-0.39, 0.29) is 19.1 Å². The Morgan fingerprint density at radius 1 is 1.17 bits per heavy atom. The lowest BCUT2D eigenvalue weighted by atomic mass is 10.3. The van der Waals surface area contributed by atoms with Gasteiger partial charge in [-0.05, 0) is 30.5 Å². The summed E-state index contributed by atoms with van der Waals surface area (Å²) in [7, 11) is 1.53. The van der Waals surface area contributed by atoms with Crippen LogP contribution in [-0.2, 0) is 9.53 Å². The molecule has 0 aliphatic carbocycles. The van der Waals surface area contributed by atoms with E-state index in [0.29, 0.717) is 22.1 Å². The van der Waals surface area contributed by atoms with Gasteiger partial charge in [-0.3, -0.25) is 4.79 Å². The van der Waals surface area contributed by atoms with Gasteiger partial charge >= 0.3 is 5.97 Å². The SMILES string of the molecule is CCOC(=O)c1ccsc1NC(=O)COc1ccccc1OC. The molecule has 0 fully saturated rings. The Morgan fingerprint density at radius 3 is 2.61 bits per heavy atom. The number of benzene rings is 1. The second-order valence-electron chi connectivity index (χ2n) is 4.37. The minimum absolute atomic E-state index is 0.194. The number of amides is 1. The van der Waals surface area contributed by atoms with Gasteiger partial charge in [0.25, 0.3) is 5.91 Å². The maximum Gasteiger partial charge on any atom is 0.341 e. The number of hydrogen-bond donors (Lipinski definition) is 1. The molecule has 0 spiro atoms. The topological polar surface area (TPSA) is 73.9 Å². The van der Waals surface area contributed by atoms with Crippen LogP contribution in [0.5, 0.6) is 11.5 Å². The number of carbonyl (C=O) groups is 2. The standard InChI is InChI=1S/C16H17NO5S/c1-3-21-16(19)11-8-9-23-15(11)17-14(18)10-22-13-7-5-4-6-12(13)20-2/h4-9H,3,10H2,1-2H3,(H,17,18). The average Bonchev–Trinajstić information content (AvgIpc) is 3.01. The van der Waals surface area contributed by atoms with Gasteiger partial charge in [0.05, 0.1) is 19.3 Å². The summed E-state index contributed by atoms with van der Waals surface area (Å²) in [6.45, 7) is 1.81. The van der Waals surface area contributed by atoms with Crippen LogP contribution in [0, 0.1) is 0 Å². The first kappa shape index (κ1) is 16.8. The van der Waals surface area contributed by atoms with Crippen LogP contribution in [0.3, 0.4) is 0 Å².